The molecule has 2 aromatic carbocycles. The Kier molecular flexibility index (Phi) is 6.45. The van der Waals surface area contributed by atoms with Gasteiger partial charge in [0.2, 0.25) is 5.91 Å². The smallest absolute Gasteiger partial charge is 0.220 e. The normalized spacial score (nSPS) is 16.3. The molecule has 138 valence electrons. The van der Waals surface area contributed by atoms with Crippen molar-refractivity contribution in [3.63, 3.8) is 0 Å². The van der Waals surface area contributed by atoms with Crippen LogP contribution in [0.25, 0.3) is 0 Å². The molecule has 0 saturated carbocycles. The zero-order valence-corrected chi connectivity index (χ0v) is 15.9. The van der Waals surface area contributed by atoms with E-state index >= 15 is 0 Å². The van der Waals surface area contributed by atoms with Crippen molar-refractivity contribution >= 4 is 5.91 Å². The molecule has 3 heteroatoms. The SMILES string of the molecule is CC(C)c1ccc(CCC(=O)NCCC2NCCc3ccccc32)cc1. The van der Waals surface area contributed by atoms with E-state index in [4.69, 9.17) is 0 Å². The fourth-order valence-corrected chi connectivity index (χ4v) is 3.62. The Labute approximate surface area is 157 Å². The summed E-state index contributed by atoms with van der Waals surface area (Å²) in [6.45, 7) is 6.13. The molecule has 0 spiro atoms. The average molecular weight is 351 g/mol. The van der Waals surface area contributed by atoms with Crippen molar-refractivity contribution in [2.75, 3.05) is 13.1 Å². The number of carbonyl (C=O) groups excluding carboxylic acids is 1. The number of amides is 1. The molecule has 0 radical (unpaired) electrons. The number of hydrogen-bond acceptors (Lipinski definition) is 2. The predicted octanol–water partition coefficient (Wildman–Crippen LogP) is 4.14. The maximum Gasteiger partial charge on any atom is 0.220 e. The lowest BCUT2D eigenvalue weighted by Gasteiger charge is -2.27. The molecule has 3 nitrogen and oxygen atoms in total. The lowest BCUT2D eigenvalue weighted by atomic mass is 9.92. The molecular formula is C23H30N2O. The van der Waals surface area contributed by atoms with E-state index in [2.05, 4.69) is 73.0 Å². The molecule has 1 aliphatic rings. The minimum absolute atomic E-state index is 0.141. The number of fused-ring (bicyclic) bond motifs is 1. The highest BCUT2D eigenvalue weighted by atomic mass is 16.1. The first-order valence-electron chi connectivity index (χ1n) is 9.80. The van der Waals surface area contributed by atoms with Crippen LogP contribution in [0.15, 0.2) is 48.5 Å². The maximum absolute atomic E-state index is 12.1. The summed E-state index contributed by atoms with van der Waals surface area (Å²) in [7, 11) is 0. The van der Waals surface area contributed by atoms with Crippen LogP contribution >= 0.6 is 0 Å². The van der Waals surface area contributed by atoms with Gasteiger partial charge >= 0.3 is 0 Å². The zero-order chi connectivity index (χ0) is 18.4. The number of aryl methyl sites for hydroxylation is 1. The summed E-state index contributed by atoms with van der Waals surface area (Å²) >= 11 is 0. The van der Waals surface area contributed by atoms with Crippen molar-refractivity contribution in [1.29, 1.82) is 0 Å². The topological polar surface area (TPSA) is 41.1 Å². The van der Waals surface area contributed by atoms with Gasteiger partial charge in [-0.3, -0.25) is 4.79 Å². The van der Waals surface area contributed by atoms with Crippen LogP contribution in [0, 0.1) is 0 Å². The monoisotopic (exact) mass is 350 g/mol. The van der Waals surface area contributed by atoms with Crippen molar-refractivity contribution in [2.24, 2.45) is 0 Å². The summed E-state index contributed by atoms with van der Waals surface area (Å²) in [5, 5.41) is 6.65. The Hall–Kier alpha value is -2.13. The second-order valence-electron chi connectivity index (χ2n) is 7.49. The third kappa shape index (κ3) is 4.95. The average Bonchev–Trinajstić information content (AvgIpc) is 2.67. The van der Waals surface area contributed by atoms with Crippen LogP contribution in [0.3, 0.4) is 0 Å². The first kappa shape index (κ1) is 18.7. The van der Waals surface area contributed by atoms with E-state index in [1.54, 1.807) is 0 Å². The molecule has 2 aromatic rings. The van der Waals surface area contributed by atoms with Crippen molar-refractivity contribution in [2.45, 2.75) is 51.5 Å². The molecule has 0 aliphatic carbocycles. The molecule has 1 atom stereocenters. The third-order valence-corrected chi connectivity index (χ3v) is 5.26. The van der Waals surface area contributed by atoms with Crippen molar-refractivity contribution < 1.29 is 4.79 Å². The first-order chi connectivity index (χ1) is 12.6. The van der Waals surface area contributed by atoms with Gasteiger partial charge in [-0.1, -0.05) is 62.4 Å². The molecule has 1 aliphatic heterocycles. The quantitative estimate of drug-likeness (QED) is 0.788. The van der Waals surface area contributed by atoms with Crippen LogP contribution in [-0.2, 0) is 17.6 Å². The highest BCUT2D eigenvalue weighted by Gasteiger charge is 2.18. The second kappa shape index (κ2) is 9.00. The fourth-order valence-electron chi connectivity index (χ4n) is 3.62. The molecule has 26 heavy (non-hydrogen) atoms. The highest BCUT2D eigenvalue weighted by molar-refractivity contribution is 5.76. The summed E-state index contributed by atoms with van der Waals surface area (Å²) in [5.74, 6) is 0.688. The number of benzene rings is 2. The molecule has 2 N–H and O–H groups in total. The molecule has 0 bridgehead atoms. The summed E-state index contributed by atoms with van der Waals surface area (Å²) < 4.78 is 0. The van der Waals surface area contributed by atoms with Gasteiger partial charge in [-0.2, -0.15) is 0 Å². The molecular weight excluding hydrogens is 320 g/mol. The van der Waals surface area contributed by atoms with Crippen LogP contribution in [0.4, 0.5) is 0 Å². The summed E-state index contributed by atoms with van der Waals surface area (Å²) in [6, 6.07) is 17.6. The molecule has 1 amide bonds. The van der Waals surface area contributed by atoms with Crippen LogP contribution in [0.5, 0.6) is 0 Å². The lowest BCUT2D eigenvalue weighted by Crippen LogP contribution is -2.33. The molecule has 0 aromatic heterocycles. The minimum atomic E-state index is 0.141. The van der Waals surface area contributed by atoms with Crippen LogP contribution in [0.1, 0.15) is 60.9 Å². The molecule has 0 saturated heterocycles. The lowest BCUT2D eigenvalue weighted by molar-refractivity contribution is -0.121. The predicted molar refractivity (Wildman–Crippen MR) is 107 cm³/mol. The van der Waals surface area contributed by atoms with Gasteiger partial charge < -0.3 is 10.6 Å². The third-order valence-electron chi connectivity index (χ3n) is 5.26. The van der Waals surface area contributed by atoms with Gasteiger partial charge in [-0.25, -0.2) is 0 Å². The van der Waals surface area contributed by atoms with Crippen LogP contribution < -0.4 is 10.6 Å². The highest BCUT2D eigenvalue weighted by Crippen LogP contribution is 2.24. The van der Waals surface area contributed by atoms with E-state index in [0.29, 0.717) is 18.4 Å². The molecule has 1 heterocycles. The van der Waals surface area contributed by atoms with Gasteiger partial charge in [0, 0.05) is 19.0 Å². The van der Waals surface area contributed by atoms with Crippen molar-refractivity contribution in [3.8, 4) is 0 Å². The van der Waals surface area contributed by atoms with E-state index in [-0.39, 0.29) is 5.91 Å². The Morgan fingerprint density at radius 2 is 1.92 bits per heavy atom. The number of hydrogen-bond donors (Lipinski definition) is 2. The van der Waals surface area contributed by atoms with Crippen LogP contribution in [-0.4, -0.2) is 19.0 Å². The van der Waals surface area contributed by atoms with Crippen molar-refractivity contribution in [3.05, 3.63) is 70.8 Å². The Bertz CT molecular complexity index is 721. The molecule has 1 unspecified atom stereocenters. The van der Waals surface area contributed by atoms with Crippen molar-refractivity contribution in [1.82, 2.24) is 10.6 Å². The van der Waals surface area contributed by atoms with E-state index in [1.807, 2.05) is 0 Å². The fraction of sp³-hybridized carbons (Fsp3) is 0.435. The largest absolute Gasteiger partial charge is 0.356 e. The van der Waals surface area contributed by atoms with E-state index in [0.717, 1.165) is 32.4 Å². The summed E-state index contributed by atoms with van der Waals surface area (Å²) in [6.07, 6.45) is 3.38. The van der Waals surface area contributed by atoms with Crippen LogP contribution in [0.2, 0.25) is 0 Å². The number of nitrogens with one attached hydrogen (secondary N) is 2. The number of carbonyl (C=O) groups is 1. The van der Waals surface area contributed by atoms with Gasteiger partial charge in [0.1, 0.15) is 0 Å². The van der Waals surface area contributed by atoms with Gasteiger partial charge in [0.15, 0.2) is 0 Å². The van der Waals surface area contributed by atoms with Gasteiger partial charge in [-0.05, 0) is 54.0 Å². The molecule has 0 fully saturated rings. The van der Waals surface area contributed by atoms with E-state index in [9.17, 15) is 4.79 Å². The second-order valence-corrected chi connectivity index (χ2v) is 7.49. The molecule has 3 rings (SSSR count). The van der Waals surface area contributed by atoms with E-state index in [1.165, 1.54) is 22.3 Å². The van der Waals surface area contributed by atoms with Gasteiger partial charge in [-0.15, -0.1) is 0 Å². The zero-order valence-electron chi connectivity index (χ0n) is 15.9. The summed E-state index contributed by atoms with van der Waals surface area (Å²) in [4.78, 5) is 12.1. The first-order valence-corrected chi connectivity index (χ1v) is 9.80. The Morgan fingerprint density at radius 1 is 1.15 bits per heavy atom. The standard InChI is InChI=1S/C23H30N2O/c1-17(2)19-10-7-18(8-11-19)9-12-23(26)25-16-14-22-21-6-4-3-5-20(21)13-15-24-22/h3-8,10-11,17,22,24H,9,12-16H2,1-2H3,(H,25,26). The van der Waals surface area contributed by atoms with Gasteiger partial charge in [0.25, 0.3) is 0 Å². The maximum atomic E-state index is 12.1. The number of rotatable bonds is 7. The van der Waals surface area contributed by atoms with E-state index < -0.39 is 0 Å². The Morgan fingerprint density at radius 3 is 2.69 bits per heavy atom. The van der Waals surface area contributed by atoms with Gasteiger partial charge in [0.05, 0.1) is 0 Å². The summed E-state index contributed by atoms with van der Waals surface area (Å²) in [5.41, 5.74) is 5.40. The minimum Gasteiger partial charge on any atom is -0.356 e. The Balaban J connectivity index is 1.41.